The Kier molecular flexibility index (Phi) is 4.16. The molecule has 1 N–H and O–H groups in total. The van der Waals surface area contributed by atoms with Crippen LogP contribution < -0.4 is 4.74 Å². The molecule has 1 aromatic rings. The zero-order valence-electron chi connectivity index (χ0n) is 12.4. The third kappa shape index (κ3) is 2.77. The van der Waals surface area contributed by atoms with Crippen molar-refractivity contribution in [2.45, 2.75) is 51.4 Å². The van der Waals surface area contributed by atoms with Crippen molar-refractivity contribution in [2.75, 3.05) is 13.6 Å². The highest BCUT2D eigenvalue weighted by molar-refractivity contribution is 5.39. The Morgan fingerprint density at radius 2 is 2.00 bits per heavy atom. The molecule has 1 aliphatic heterocycles. The molecule has 0 saturated carbocycles. The van der Waals surface area contributed by atoms with E-state index in [4.69, 9.17) is 4.74 Å². The summed E-state index contributed by atoms with van der Waals surface area (Å²) >= 11 is 0. The lowest BCUT2D eigenvalue weighted by Crippen LogP contribution is -2.57. The van der Waals surface area contributed by atoms with E-state index >= 15 is 0 Å². The summed E-state index contributed by atoms with van der Waals surface area (Å²) in [4.78, 5) is 2.23. The van der Waals surface area contributed by atoms with Crippen molar-refractivity contribution in [3.63, 3.8) is 0 Å². The van der Waals surface area contributed by atoms with Gasteiger partial charge in [0.1, 0.15) is 17.5 Å². The number of benzene rings is 1. The van der Waals surface area contributed by atoms with Gasteiger partial charge in [-0.05, 0) is 39.9 Å². The zero-order valence-corrected chi connectivity index (χ0v) is 12.4. The zero-order chi connectivity index (χ0) is 14.0. The minimum absolute atomic E-state index is 0.0195. The van der Waals surface area contributed by atoms with Gasteiger partial charge in [0.15, 0.2) is 0 Å². The van der Waals surface area contributed by atoms with Gasteiger partial charge in [0.2, 0.25) is 0 Å². The van der Waals surface area contributed by atoms with Gasteiger partial charge in [0.25, 0.3) is 0 Å². The Labute approximate surface area is 116 Å². The van der Waals surface area contributed by atoms with Crippen LogP contribution in [0.25, 0.3) is 0 Å². The van der Waals surface area contributed by atoms with Gasteiger partial charge >= 0.3 is 0 Å². The van der Waals surface area contributed by atoms with Crippen LogP contribution in [0.2, 0.25) is 0 Å². The fourth-order valence-corrected chi connectivity index (χ4v) is 3.03. The number of fused-ring (bicyclic) bond motifs is 1. The first-order valence-electron chi connectivity index (χ1n) is 7.13. The quantitative estimate of drug-likeness (QED) is 0.906. The summed E-state index contributed by atoms with van der Waals surface area (Å²) in [6.45, 7) is 7.27. The number of aliphatic hydroxyl groups excluding tert-OH is 1. The van der Waals surface area contributed by atoms with Crippen LogP contribution in [0.1, 0.15) is 45.3 Å². The molecule has 0 saturated heterocycles. The predicted molar refractivity (Wildman–Crippen MR) is 77.4 cm³/mol. The second kappa shape index (κ2) is 5.51. The van der Waals surface area contributed by atoms with E-state index in [1.165, 1.54) is 0 Å². The Hall–Kier alpha value is -1.06. The van der Waals surface area contributed by atoms with Gasteiger partial charge in [-0.25, -0.2) is 0 Å². The highest BCUT2D eigenvalue weighted by Gasteiger charge is 2.44. The molecule has 106 valence electrons. The molecule has 3 nitrogen and oxygen atoms in total. The van der Waals surface area contributed by atoms with E-state index in [0.717, 1.165) is 30.7 Å². The highest BCUT2D eigenvalue weighted by atomic mass is 16.5. The standard InChI is InChI=1S/C16H25NO2/c1-5-6-11-17(4)15-14(18)12-9-7-8-10-13(12)19-16(15,2)3/h7-10,14-15,18H,5-6,11H2,1-4H3. The summed E-state index contributed by atoms with van der Waals surface area (Å²) in [7, 11) is 2.07. The van der Waals surface area contributed by atoms with Crippen LogP contribution in [-0.2, 0) is 0 Å². The first kappa shape index (κ1) is 14.4. The van der Waals surface area contributed by atoms with Crippen LogP contribution >= 0.6 is 0 Å². The van der Waals surface area contributed by atoms with Gasteiger partial charge in [-0.1, -0.05) is 31.5 Å². The second-order valence-electron chi connectivity index (χ2n) is 5.97. The Bertz CT molecular complexity index is 431. The minimum Gasteiger partial charge on any atom is -0.486 e. The molecule has 0 spiro atoms. The average molecular weight is 263 g/mol. The number of para-hydroxylation sites is 1. The summed E-state index contributed by atoms with van der Waals surface area (Å²) in [5.41, 5.74) is 0.506. The van der Waals surface area contributed by atoms with E-state index in [1.807, 2.05) is 24.3 Å². The van der Waals surface area contributed by atoms with Crippen LogP contribution in [0.3, 0.4) is 0 Å². The summed E-state index contributed by atoms with van der Waals surface area (Å²) < 4.78 is 6.10. The number of ether oxygens (including phenoxy) is 1. The van der Waals surface area contributed by atoms with Crippen LogP contribution in [0.4, 0.5) is 0 Å². The first-order valence-corrected chi connectivity index (χ1v) is 7.13. The van der Waals surface area contributed by atoms with Crippen molar-refractivity contribution in [3.05, 3.63) is 29.8 Å². The smallest absolute Gasteiger partial charge is 0.126 e. The normalized spacial score (nSPS) is 24.9. The molecule has 0 aromatic heterocycles. The van der Waals surface area contributed by atoms with Crippen LogP contribution in [-0.4, -0.2) is 35.2 Å². The van der Waals surface area contributed by atoms with Crippen molar-refractivity contribution in [1.82, 2.24) is 4.90 Å². The van der Waals surface area contributed by atoms with E-state index in [2.05, 4.69) is 32.7 Å². The minimum atomic E-state index is -0.498. The van der Waals surface area contributed by atoms with Crippen molar-refractivity contribution in [2.24, 2.45) is 0 Å². The molecule has 0 radical (unpaired) electrons. The van der Waals surface area contributed by atoms with Crippen LogP contribution in [0.15, 0.2) is 24.3 Å². The second-order valence-corrected chi connectivity index (χ2v) is 5.97. The van der Waals surface area contributed by atoms with Gasteiger partial charge in [-0.3, -0.25) is 4.90 Å². The van der Waals surface area contributed by atoms with Crippen molar-refractivity contribution < 1.29 is 9.84 Å². The summed E-state index contributed by atoms with van der Waals surface area (Å²) in [5.74, 6) is 0.806. The van der Waals surface area contributed by atoms with Crippen LogP contribution in [0, 0.1) is 0 Å². The molecule has 2 rings (SSSR count). The maximum atomic E-state index is 10.7. The predicted octanol–water partition coefficient (Wildman–Crippen LogP) is 2.99. The van der Waals surface area contributed by atoms with Gasteiger partial charge in [0, 0.05) is 5.56 Å². The highest BCUT2D eigenvalue weighted by Crippen LogP contribution is 2.41. The Balaban J connectivity index is 2.28. The lowest BCUT2D eigenvalue weighted by molar-refractivity contribution is -0.0749. The van der Waals surface area contributed by atoms with Crippen molar-refractivity contribution in [1.29, 1.82) is 0 Å². The molecular weight excluding hydrogens is 238 g/mol. The molecular formula is C16H25NO2. The summed E-state index contributed by atoms with van der Waals surface area (Å²) in [6, 6.07) is 7.77. The number of likely N-dealkylation sites (N-methyl/N-ethyl adjacent to an activating group) is 1. The molecule has 2 unspecified atom stereocenters. The molecule has 1 aromatic carbocycles. The van der Waals surface area contributed by atoms with E-state index in [9.17, 15) is 5.11 Å². The lowest BCUT2D eigenvalue weighted by atomic mass is 9.85. The number of rotatable bonds is 4. The molecule has 1 aliphatic rings. The van der Waals surface area contributed by atoms with E-state index < -0.39 is 11.7 Å². The SMILES string of the molecule is CCCCN(C)C1C(O)c2ccccc2OC1(C)C. The Morgan fingerprint density at radius 3 is 2.68 bits per heavy atom. The van der Waals surface area contributed by atoms with E-state index in [-0.39, 0.29) is 6.04 Å². The fraction of sp³-hybridized carbons (Fsp3) is 0.625. The van der Waals surface area contributed by atoms with Gasteiger partial charge in [0.05, 0.1) is 6.04 Å². The average Bonchev–Trinajstić information content (AvgIpc) is 2.35. The number of hydrogen-bond acceptors (Lipinski definition) is 3. The fourth-order valence-electron chi connectivity index (χ4n) is 3.03. The summed E-state index contributed by atoms with van der Waals surface area (Å²) in [6.07, 6.45) is 1.80. The maximum absolute atomic E-state index is 10.7. The number of nitrogens with zero attached hydrogens (tertiary/aromatic N) is 1. The molecule has 0 fully saturated rings. The molecule has 19 heavy (non-hydrogen) atoms. The molecule has 1 heterocycles. The van der Waals surface area contributed by atoms with Crippen LogP contribution in [0.5, 0.6) is 5.75 Å². The van der Waals surface area contributed by atoms with E-state index in [0.29, 0.717) is 0 Å². The maximum Gasteiger partial charge on any atom is 0.126 e. The lowest BCUT2D eigenvalue weighted by Gasteiger charge is -2.47. The molecule has 0 bridgehead atoms. The number of aliphatic hydroxyl groups is 1. The molecule has 0 aliphatic carbocycles. The van der Waals surface area contributed by atoms with Gasteiger partial charge in [-0.2, -0.15) is 0 Å². The Morgan fingerprint density at radius 1 is 1.32 bits per heavy atom. The van der Waals surface area contributed by atoms with Crippen molar-refractivity contribution >= 4 is 0 Å². The van der Waals surface area contributed by atoms with E-state index in [1.54, 1.807) is 0 Å². The number of unbranched alkanes of at least 4 members (excludes halogenated alkanes) is 1. The topological polar surface area (TPSA) is 32.7 Å². The third-order valence-electron chi connectivity index (χ3n) is 3.96. The monoisotopic (exact) mass is 263 g/mol. The largest absolute Gasteiger partial charge is 0.486 e. The molecule has 3 heteroatoms. The summed E-state index contributed by atoms with van der Waals surface area (Å²) in [5, 5.41) is 10.7. The molecule has 0 amide bonds. The number of hydrogen-bond donors (Lipinski definition) is 1. The molecule has 2 atom stereocenters. The first-order chi connectivity index (χ1) is 8.97. The third-order valence-corrected chi connectivity index (χ3v) is 3.96. The van der Waals surface area contributed by atoms with Crippen molar-refractivity contribution in [3.8, 4) is 5.75 Å². The van der Waals surface area contributed by atoms with Gasteiger partial charge in [-0.15, -0.1) is 0 Å². The van der Waals surface area contributed by atoms with Gasteiger partial charge < -0.3 is 9.84 Å².